The van der Waals surface area contributed by atoms with Gasteiger partial charge in [0, 0.05) is 18.8 Å². The SMILES string of the molecule is O=C1C2CC=CCC2NCC2CC=CN12. The Hall–Kier alpha value is -1.09. The fraction of sp³-hybridized carbons (Fsp3) is 0.583. The Morgan fingerprint density at radius 1 is 1.20 bits per heavy atom. The fourth-order valence-electron chi connectivity index (χ4n) is 2.79. The Labute approximate surface area is 89.8 Å². The van der Waals surface area contributed by atoms with Crippen LogP contribution < -0.4 is 5.32 Å². The molecule has 0 aromatic rings. The second-order valence-electron chi connectivity index (χ2n) is 4.58. The molecule has 0 radical (unpaired) electrons. The number of carbonyl (C=O) groups is 1. The average molecular weight is 204 g/mol. The highest BCUT2D eigenvalue weighted by atomic mass is 16.2. The van der Waals surface area contributed by atoms with Crippen LogP contribution in [0.15, 0.2) is 24.4 Å². The molecule has 15 heavy (non-hydrogen) atoms. The molecule has 3 atom stereocenters. The molecule has 0 aromatic heterocycles. The molecule has 0 saturated carbocycles. The highest BCUT2D eigenvalue weighted by Crippen LogP contribution is 2.28. The number of hydrogen-bond donors (Lipinski definition) is 1. The lowest BCUT2D eigenvalue weighted by Crippen LogP contribution is -2.40. The molecule has 3 unspecified atom stereocenters. The summed E-state index contributed by atoms with van der Waals surface area (Å²) in [5.74, 6) is 0.468. The average Bonchev–Trinajstić information content (AvgIpc) is 2.69. The zero-order valence-electron chi connectivity index (χ0n) is 8.73. The first kappa shape index (κ1) is 9.16. The molecule has 3 rings (SSSR count). The van der Waals surface area contributed by atoms with Crippen molar-refractivity contribution in [2.75, 3.05) is 6.54 Å². The van der Waals surface area contributed by atoms with Gasteiger partial charge < -0.3 is 10.2 Å². The largest absolute Gasteiger partial charge is 0.314 e. The molecule has 0 bridgehead atoms. The molecule has 1 N–H and O–H groups in total. The van der Waals surface area contributed by atoms with Crippen molar-refractivity contribution in [1.82, 2.24) is 10.2 Å². The molecular weight excluding hydrogens is 188 g/mol. The van der Waals surface area contributed by atoms with E-state index in [1.54, 1.807) is 0 Å². The summed E-state index contributed by atoms with van der Waals surface area (Å²) in [7, 11) is 0. The van der Waals surface area contributed by atoms with Crippen LogP contribution in [0, 0.1) is 5.92 Å². The predicted molar refractivity (Wildman–Crippen MR) is 58.0 cm³/mol. The van der Waals surface area contributed by atoms with Gasteiger partial charge in [0.05, 0.1) is 12.0 Å². The van der Waals surface area contributed by atoms with Crippen molar-refractivity contribution < 1.29 is 4.79 Å². The van der Waals surface area contributed by atoms with Crippen molar-refractivity contribution in [2.45, 2.75) is 31.3 Å². The number of hydrogen-bond acceptors (Lipinski definition) is 2. The van der Waals surface area contributed by atoms with Gasteiger partial charge in [-0.25, -0.2) is 0 Å². The maximum Gasteiger partial charge on any atom is 0.231 e. The molecule has 3 heteroatoms. The number of allylic oxidation sites excluding steroid dienone is 1. The fourth-order valence-corrected chi connectivity index (χ4v) is 2.79. The Morgan fingerprint density at radius 3 is 3.00 bits per heavy atom. The summed E-state index contributed by atoms with van der Waals surface area (Å²) in [4.78, 5) is 14.2. The Balaban J connectivity index is 1.88. The number of rotatable bonds is 0. The minimum atomic E-state index is 0.155. The van der Waals surface area contributed by atoms with Crippen LogP contribution in [-0.4, -0.2) is 29.4 Å². The van der Waals surface area contributed by atoms with Crippen molar-refractivity contribution >= 4 is 5.91 Å². The standard InChI is InChI=1S/C12H16N2O/c15-12-10-5-1-2-6-11(10)13-8-9-4-3-7-14(9)12/h1-3,7,9-11,13H,4-6,8H2. The highest BCUT2D eigenvalue weighted by Gasteiger charge is 2.38. The first-order valence-corrected chi connectivity index (χ1v) is 5.73. The molecule has 3 nitrogen and oxygen atoms in total. The third-order valence-electron chi connectivity index (χ3n) is 3.69. The van der Waals surface area contributed by atoms with Crippen molar-refractivity contribution in [2.24, 2.45) is 5.92 Å². The van der Waals surface area contributed by atoms with Crippen LogP contribution in [0.25, 0.3) is 0 Å². The number of nitrogens with one attached hydrogen (secondary N) is 1. The van der Waals surface area contributed by atoms with Gasteiger partial charge in [-0.1, -0.05) is 18.2 Å². The third kappa shape index (κ3) is 1.42. The molecule has 1 amide bonds. The van der Waals surface area contributed by atoms with Gasteiger partial charge in [-0.2, -0.15) is 0 Å². The zero-order chi connectivity index (χ0) is 10.3. The Morgan fingerprint density at radius 2 is 2.07 bits per heavy atom. The Kier molecular flexibility index (Phi) is 2.13. The minimum Gasteiger partial charge on any atom is -0.314 e. The molecule has 0 aromatic carbocycles. The van der Waals surface area contributed by atoms with Crippen LogP contribution in [0.4, 0.5) is 0 Å². The van der Waals surface area contributed by atoms with E-state index in [4.69, 9.17) is 0 Å². The van der Waals surface area contributed by atoms with Crippen LogP contribution in [0.1, 0.15) is 19.3 Å². The van der Waals surface area contributed by atoms with Gasteiger partial charge in [-0.05, 0) is 19.3 Å². The highest BCUT2D eigenvalue weighted by molar-refractivity contribution is 5.82. The van der Waals surface area contributed by atoms with Crippen molar-refractivity contribution in [3.8, 4) is 0 Å². The monoisotopic (exact) mass is 204 g/mol. The topological polar surface area (TPSA) is 32.3 Å². The van der Waals surface area contributed by atoms with Crippen molar-refractivity contribution in [3.05, 3.63) is 24.4 Å². The van der Waals surface area contributed by atoms with E-state index in [0.29, 0.717) is 18.0 Å². The Bertz CT molecular complexity index is 335. The normalized spacial score (nSPS) is 38.8. The summed E-state index contributed by atoms with van der Waals surface area (Å²) < 4.78 is 0. The van der Waals surface area contributed by atoms with Gasteiger partial charge in [0.25, 0.3) is 0 Å². The van der Waals surface area contributed by atoms with E-state index in [-0.39, 0.29) is 5.92 Å². The summed E-state index contributed by atoms with van der Waals surface area (Å²) in [5.41, 5.74) is 0. The number of fused-ring (bicyclic) bond motifs is 2. The second kappa shape index (κ2) is 3.49. The van der Waals surface area contributed by atoms with Gasteiger partial charge in [0.1, 0.15) is 0 Å². The molecular formula is C12H16N2O. The van der Waals surface area contributed by atoms with Crippen molar-refractivity contribution in [1.29, 1.82) is 0 Å². The minimum absolute atomic E-state index is 0.155. The van der Waals surface area contributed by atoms with E-state index in [9.17, 15) is 4.79 Å². The molecule has 80 valence electrons. The lowest BCUT2D eigenvalue weighted by Gasteiger charge is -2.27. The zero-order valence-corrected chi connectivity index (χ0v) is 8.73. The van der Waals surface area contributed by atoms with E-state index in [0.717, 1.165) is 25.8 Å². The van der Waals surface area contributed by atoms with Crippen molar-refractivity contribution in [3.63, 3.8) is 0 Å². The summed E-state index contributed by atoms with van der Waals surface area (Å²) in [6.07, 6.45) is 11.3. The molecule has 1 fully saturated rings. The molecule has 3 aliphatic rings. The van der Waals surface area contributed by atoms with E-state index in [2.05, 4.69) is 23.5 Å². The van der Waals surface area contributed by atoms with E-state index < -0.39 is 0 Å². The summed E-state index contributed by atoms with van der Waals surface area (Å²) >= 11 is 0. The van der Waals surface area contributed by atoms with E-state index in [1.807, 2.05) is 11.1 Å². The quantitative estimate of drug-likeness (QED) is 0.598. The molecule has 2 heterocycles. The maximum atomic E-state index is 12.3. The maximum absolute atomic E-state index is 12.3. The molecule has 0 spiro atoms. The first-order chi connectivity index (χ1) is 7.36. The number of amides is 1. The molecule has 2 aliphatic heterocycles. The van der Waals surface area contributed by atoms with Crippen LogP contribution in [0.5, 0.6) is 0 Å². The third-order valence-corrected chi connectivity index (χ3v) is 3.69. The van der Waals surface area contributed by atoms with Gasteiger partial charge in [0.15, 0.2) is 0 Å². The van der Waals surface area contributed by atoms with Gasteiger partial charge in [-0.15, -0.1) is 0 Å². The molecule has 1 aliphatic carbocycles. The lowest BCUT2D eigenvalue weighted by atomic mass is 9.88. The first-order valence-electron chi connectivity index (χ1n) is 5.73. The smallest absolute Gasteiger partial charge is 0.231 e. The van der Waals surface area contributed by atoms with Gasteiger partial charge in [-0.3, -0.25) is 4.79 Å². The molecule has 1 saturated heterocycles. The second-order valence-corrected chi connectivity index (χ2v) is 4.58. The van der Waals surface area contributed by atoms with Crippen LogP contribution in [-0.2, 0) is 4.79 Å². The number of nitrogens with zero attached hydrogens (tertiary/aromatic N) is 1. The van der Waals surface area contributed by atoms with Gasteiger partial charge in [0.2, 0.25) is 5.91 Å². The lowest BCUT2D eigenvalue weighted by molar-refractivity contribution is -0.133. The van der Waals surface area contributed by atoms with Crippen LogP contribution in [0.2, 0.25) is 0 Å². The summed E-state index contributed by atoms with van der Waals surface area (Å²) in [6.45, 7) is 0.938. The predicted octanol–water partition coefficient (Wildman–Crippen LogP) is 1.04. The summed E-state index contributed by atoms with van der Waals surface area (Å²) in [5, 5.41) is 3.53. The van der Waals surface area contributed by atoms with Crippen LogP contribution in [0.3, 0.4) is 0 Å². The van der Waals surface area contributed by atoms with Crippen LogP contribution >= 0.6 is 0 Å². The number of carbonyl (C=O) groups excluding carboxylic acids is 1. The van der Waals surface area contributed by atoms with E-state index in [1.165, 1.54) is 0 Å². The summed E-state index contributed by atoms with van der Waals surface area (Å²) in [6, 6.07) is 0.726. The van der Waals surface area contributed by atoms with E-state index >= 15 is 0 Å². The van der Waals surface area contributed by atoms with Gasteiger partial charge >= 0.3 is 0 Å².